The molecule has 0 spiro atoms. The number of nitrogens with zero attached hydrogens (tertiary/aromatic N) is 3. The van der Waals surface area contributed by atoms with Crippen molar-refractivity contribution in [1.29, 1.82) is 0 Å². The smallest absolute Gasteiger partial charge is 0.00621 e. The Morgan fingerprint density at radius 1 is 0.220 bits per heavy atom. The van der Waals surface area contributed by atoms with Crippen molar-refractivity contribution in [2.24, 2.45) is 0 Å². The Morgan fingerprint density at radius 2 is 0.378 bits per heavy atom. The molecule has 2 aromatic rings. The van der Waals surface area contributed by atoms with Gasteiger partial charge in [0.25, 0.3) is 0 Å². The topological polar surface area (TPSA) is 29.0 Å². The van der Waals surface area contributed by atoms with Crippen LogP contribution in [-0.2, 0) is 2220 Å². The van der Waals surface area contributed by atoms with Crippen molar-refractivity contribution >= 4 is 11.4 Å². The standard InChI is InChI=1S/C11H9N3.68Y/c1-14(10-4-7-12-8-5-10)11-3-2-6-13-9-11;;;;;;;;;;;;;;;;;;;;;;;;;;;;;;;;;;;;;;;;;;;;;;;;;;;;;;;;;;;;;;;;;;;;/h2-4,6-8H,1H3;;;;;;;;;;;;;;;;;;;;;;;;;;;;;;;;;;;;;;;;;;;;;;;;;;;;;;;;;;;;;;;;;;;;/q-2;;;;;;;;;;;;;;;;;;;;;;;;;;;;;;;;;;;;;;;;;;;;;;;;;;;;;;;;;;;;;;;;;;;;. The van der Waals surface area contributed by atoms with E-state index in [2.05, 4.69) is 22.2 Å². The number of hydrogen-bond acceptors (Lipinski definition) is 3. The van der Waals surface area contributed by atoms with Crippen LogP contribution in [0.5, 0.6) is 0 Å². The van der Waals surface area contributed by atoms with E-state index in [1.807, 2.05) is 30.1 Å². The van der Waals surface area contributed by atoms with Gasteiger partial charge in [0, 0.05) is 2230 Å². The Bertz CT molecular complexity index is 400. The van der Waals surface area contributed by atoms with E-state index in [0.717, 1.165) is 11.4 Å². The second-order valence-corrected chi connectivity index (χ2v) is 2.82. The summed E-state index contributed by atoms with van der Waals surface area (Å²) in [7, 11) is 1.94. The van der Waals surface area contributed by atoms with Crippen LogP contribution in [0.1, 0.15) is 0 Å². The molecule has 2 heterocycles. The summed E-state index contributed by atoms with van der Waals surface area (Å²) in [5.41, 5.74) is 1.86. The fourth-order valence-electron chi connectivity index (χ4n) is 1.15. The molecule has 0 aliphatic carbocycles. The summed E-state index contributed by atoms with van der Waals surface area (Å²) in [5, 5.41) is 0. The van der Waals surface area contributed by atoms with Crippen LogP contribution < -0.4 is 4.90 Å². The van der Waals surface area contributed by atoms with Gasteiger partial charge in [0.15, 0.2) is 0 Å². The molecular weight excluding hydrogens is 6220 g/mol. The molecule has 0 fully saturated rings. The summed E-state index contributed by atoms with van der Waals surface area (Å²) in [4.78, 5) is 9.80. The van der Waals surface area contributed by atoms with Gasteiger partial charge in [0.2, 0.25) is 0 Å². The zero-order chi connectivity index (χ0) is 9.80. The van der Waals surface area contributed by atoms with Crippen LogP contribution >= 0.6 is 0 Å². The van der Waals surface area contributed by atoms with Crippen molar-refractivity contribution in [2.45, 2.75) is 0 Å². The van der Waals surface area contributed by atoms with Crippen LogP contribution in [-0.4, -0.2) is 17.0 Å². The minimum absolute atomic E-state index is 0. The summed E-state index contributed by atoms with van der Waals surface area (Å²) < 4.78 is 0. The third kappa shape index (κ3) is 376. The molecule has 0 aromatic carbocycles. The largest absolute Gasteiger partial charge is 0.401 e. The summed E-state index contributed by atoms with van der Waals surface area (Å²) >= 11 is 0. The molecule has 0 saturated heterocycles. The Morgan fingerprint density at radius 3 is 0.488 bits per heavy atom. The molecule has 0 bridgehead atoms. The minimum atomic E-state index is 0. The van der Waals surface area contributed by atoms with Crippen LogP contribution in [0.2, 0.25) is 0 Å². The van der Waals surface area contributed by atoms with Gasteiger partial charge in [-0.1, -0.05) is 30.5 Å². The third-order valence-corrected chi connectivity index (χ3v) is 1.92. The molecule has 82 heavy (non-hydrogen) atoms. The maximum absolute atomic E-state index is 3.94. The molecule has 3 nitrogen and oxygen atoms in total. The van der Waals surface area contributed by atoms with Crippen molar-refractivity contribution < 1.29 is 2220 Å². The van der Waals surface area contributed by atoms with E-state index in [-0.39, 0.29) is 2220 Å². The van der Waals surface area contributed by atoms with E-state index in [4.69, 9.17) is 0 Å². The van der Waals surface area contributed by atoms with Crippen LogP contribution in [0.4, 0.5) is 11.4 Å². The first-order valence-electron chi connectivity index (χ1n) is 4.26. The molecule has 0 unspecified atom stereocenters. The molecule has 0 aliphatic rings. The summed E-state index contributed by atoms with van der Waals surface area (Å²) in [5.74, 6) is 0. The number of pyridine rings is 2. The van der Waals surface area contributed by atoms with E-state index in [9.17, 15) is 0 Å². The molecule has 0 atom stereocenters. The predicted octanol–water partition coefficient (Wildman–Crippen LogP) is 1.67. The number of hydrogen-bond donors (Lipinski definition) is 0. The van der Waals surface area contributed by atoms with E-state index in [1.165, 1.54) is 0 Å². The van der Waals surface area contributed by atoms with Crippen molar-refractivity contribution in [3.8, 4) is 0 Å². The predicted molar refractivity (Wildman–Crippen MR) is 54.2 cm³/mol. The maximum Gasteiger partial charge on any atom is 0.00621 e. The second kappa shape index (κ2) is 426. The minimum Gasteiger partial charge on any atom is -0.401 e. The zero-order valence-electron chi connectivity index (χ0n) is 47.1. The molecule has 274 valence electrons. The van der Waals surface area contributed by atoms with Gasteiger partial charge >= 0.3 is 0 Å². The maximum atomic E-state index is 3.94. The first-order chi connectivity index (χ1) is 6.88. The van der Waals surface area contributed by atoms with Gasteiger partial charge < -0.3 is 14.9 Å². The molecule has 71 heteroatoms. The summed E-state index contributed by atoms with van der Waals surface area (Å²) in [6.07, 6.45) is 7.98. The normalized spacial score (nSPS) is 1.67. The average Bonchev–Trinajstić information content (AvgIpc) is 2.30. The van der Waals surface area contributed by atoms with Gasteiger partial charge in [0.1, 0.15) is 0 Å². The molecule has 2 rings (SSSR count). The molecule has 0 saturated carbocycles. The van der Waals surface area contributed by atoms with E-state index in [0.29, 0.717) is 0 Å². The average molecular weight is 6230 g/mol. The molecule has 68 radical (unpaired) electrons. The van der Waals surface area contributed by atoms with Crippen molar-refractivity contribution in [2.75, 3.05) is 11.9 Å². The summed E-state index contributed by atoms with van der Waals surface area (Å²) in [6, 6.07) is 8.75. The zero-order valence-corrected chi connectivity index (χ0v) is 240. The monoisotopic (exact) mass is 6230 g/mol. The fraction of sp³-hybridized carbons (Fsp3) is 0.0909. The molecule has 0 amide bonds. The van der Waals surface area contributed by atoms with Crippen LogP contribution in [0.25, 0.3) is 0 Å². The van der Waals surface area contributed by atoms with E-state index in [1.54, 1.807) is 18.6 Å². The number of rotatable bonds is 2. The fourth-order valence-corrected chi connectivity index (χ4v) is 1.15. The van der Waals surface area contributed by atoms with E-state index >= 15 is 0 Å². The van der Waals surface area contributed by atoms with E-state index < -0.39 is 0 Å². The Kier molecular flexibility index (Phi) is 2460. The van der Waals surface area contributed by atoms with Gasteiger partial charge in [-0.25, -0.2) is 6.07 Å². The Balaban J connectivity index is -0.000000000509. The third-order valence-electron chi connectivity index (χ3n) is 1.92. The van der Waals surface area contributed by atoms with Crippen LogP contribution in [0.3, 0.4) is 0 Å². The molecule has 2 aromatic heterocycles. The first kappa shape index (κ1) is 474. The van der Waals surface area contributed by atoms with Gasteiger partial charge in [-0.2, -0.15) is 12.1 Å². The van der Waals surface area contributed by atoms with Gasteiger partial charge in [-0.3, -0.25) is 0 Å². The van der Waals surface area contributed by atoms with Gasteiger partial charge in [0.05, 0.1) is 0 Å². The van der Waals surface area contributed by atoms with Gasteiger partial charge in [-0.15, -0.1) is 11.8 Å². The SMILES string of the molecule is CN(c1[c-]nccc1)c1[c-]cncc1.[Y].[Y].[Y].[Y].[Y].[Y].[Y].[Y].[Y].[Y].[Y].[Y].[Y].[Y].[Y].[Y].[Y].[Y].[Y].[Y].[Y].[Y].[Y].[Y].[Y].[Y].[Y].[Y].[Y].[Y].[Y].[Y].[Y].[Y].[Y].[Y].[Y].[Y].[Y].[Y].[Y].[Y].[Y].[Y].[Y].[Y].[Y].[Y].[Y].[Y].[Y].[Y].[Y].[Y].[Y].[Y].[Y].[Y].[Y].[Y].[Y].[Y].[Y].[Y].[Y].[Y].[Y].[Y]. The van der Waals surface area contributed by atoms with Crippen molar-refractivity contribution in [3.63, 3.8) is 0 Å². The molecular formula is C11H9N3Y68-2. The molecule has 0 aliphatic heterocycles. The van der Waals surface area contributed by atoms with Gasteiger partial charge in [-0.05, 0) is 0 Å². The van der Waals surface area contributed by atoms with Crippen molar-refractivity contribution in [1.82, 2.24) is 9.97 Å². The Hall–Kier alpha value is 73.2. The second-order valence-electron chi connectivity index (χ2n) is 2.82. The number of aromatic nitrogens is 2. The first-order valence-corrected chi connectivity index (χ1v) is 4.26. The van der Waals surface area contributed by atoms with Crippen LogP contribution in [0, 0.1) is 12.3 Å². The quantitative estimate of drug-likeness (QED) is 0.430. The molecule has 0 N–H and O–H groups in total. The van der Waals surface area contributed by atoms with Crippen LogP contribution in [0.15, 0.2) is 36.8 Å². The number of anilines is 2. The van der Waals surface area contributed by atoms with Crippen molar-refractivity contribution in [3.05, 3.63) is 49.1 Å². The summed E-state index contributed by atoms with van der Waals surface area (Å²) in [6.45, 7) is 0. The Labute approximate surface area is 2220 Å².